The van der Waals surface area contributed by atoms with Crippen LogP contribution in [0.3, 0.4) is 0 Å². The maximum atomic E-state index is 13.4. The second kappa shape index (κ2) is 13.6. The highest BCUT2D eigenvalue weighted by Crippen LogP contribution is 2.23. The van der Waals surface area contributed by atoms with Gasteiger partial charge < -0.3 is 15.0 Å². The molecule has 0 aliphatic carbocycles. The van der Waals surface area contributed by atoms with Gasteiger partial charge in [-0.1, -0.05) is 18.2 Å². The molecule has 0 spiro atoms. The van der Waals surface area contributed by atoms with Crippen LogP contribution in [0.1, 0.15) is 19.4 Å². The van der Waals surface area contributed by atoms with E-state index in [1.807, 2.05) is 55.6 Å². The molecule has 0 aliphatic heterocycles. The number of ether oxygens (including phenoxy) is 1. The summed E-state index contributed by atoms with van der Waals surface area (Å²) in [4.78, 5) is 32.6. The molecule has 0 saturated carbocycles. The van der Waals surface area contributed by atoms with Gasteiger partial charge in [0.25, 0.3) is 0 Å². The zero-order chi connectivity index (χ0) is 23.9. The fourth-order valence-corrected chi connectivity index (χ4v) is 3.83. The molecule has 1 amide bonds. The Kier molecular flexibility index (Phi) is 10.9. The Morgan fingerprint density at radius 2 is 1.86 bits per heavy atom. The molecule has 3 heterocycles. The standard InChI is InChI=1S/C25H28N6O3.2ClH/c1-3-31-23(14-21(30-31)17-9-11-26-12-10-17)29-25(33)22(28-16-24(32)34-4-2)13-18-15-27-20-8-6-5-7-19(18)20;;/h5-12,14-15,22,27-28H,3-4,13,16H2,1-2H3,(H,29,33);2*1H/t22-;;/m0../s1. The second-order valence-corrected chi connectivity index (χ2v) is 7.76. The van der Waals surface area contributed by atoms with Crippen LogP contribution in [-0.4, -0.2) is 50.8 Å². The van der Waals surface area contributed by atoms with Crippen LogP contribution in [0.15, 0.2) is 61.1 Å². The van der Waals surface area contributed by atoms with E-state index in [-0.39, 0.29) is 43.9 Å². The highest BCUT2D eigenvalue weighted by atomic mass is 35.5. The van der Waals surface area contributed by atoms with Gasteiger partial charge in [0.1, 0.15) is 5.82 Å². The SMILES string of the molecule is CCOC(=O)CN[C@@H](Cc1c[nH]c2ccccc12)C(=O)Nc1cc(-c2ccncc2)nn1CC.Cl.Cl. The van der Waals surface area contributed by atoms with Crippen molar-refractivity contribution in [3.63, 3.8) is 0 Å². The molecule has 0 aliphatic rings. The number of amides is 1. The molecule has 1 atom stereocenters. The maximum absolute atomic E-state index is 13.4. The monoisotopic (exact) mass is 532 g/mol. The maximum Gasteiger partial charge on any atom is 0.319 e. The topological polar surface area (TPSA) is 114 Å². The lowest BCUT2D eigenvalue weighted by Gasteiger charge is -2.18. The number of rotatable bonds is 10. The summed E-state index contributed by atoms with van der Waals surface area (Å²) in [5.41, 5.74) is 3.63. The third-order valence-electron chi connectivity index (χ3n) is 5.52. The summed E-state index contributed by atoms with van der Waals surface area (Å²) in [6.07, 6.45) is 5.70. The van der Waals surface area contributed by atoms with Crippen molar-refractivity contribution in [2.24, 2.45) is 0 Å². The van der Waals surface area contributed by atoms with Gasteiger partial charge >= 0.3 is 5.97 Å². The van der Waals surface area contributed by atoms with Crippen LogP contribution >= 0.6 is 24.8 Å². The molecule has 4 rings (SSSR count). The molecule has 9 nitrogen and oxygen atoms in total. The summed E-state index contributed by atoms with van der Waals surface area (Å²) in [5, 5.41) is 11.7. The van der Waals surface area contributed by atoms with E-state index in [0.29, 0.717) is 18.8 Å². The summed E-state index contributed by atoms with van der Waals surface area (Å²) in [6.45, 7) is 4.52. The number of nitrogens with zero attached hydrogens (tertiary/aromatic N) is 3. The number of esters is 1. The van der Waals surface area contributed by atoms with Gasteiger partial charge in [0.15, 0.2) is 0 Å². The molecule has 0 fully saturated rings. The summed E-state index contributed by atoms with van der Waals surface area (Å²) in [5.74, 6) is -0.0792. The van der Waals surface area contributed by atoms with E-state index in [1.165, 1.54) is 0 Å². The number of fused-ring (bicyclic) bond motifs is 1. The summed E-state index contributed by atoms with van der Waals surface area (Å²) in [6, 6.07) is 12.8. The Morgan fingerprint density at radius 3 is 2.58 bits per heavy atom. The van der Waals surface area contributed by atoms with Crippen molar-refractivity contribution in [2.45, 2.75) is 32.9 Å². The molecule has 0 bridgehead atoms. The van der Waals surface area contributed by atoms with E-state index in [9.17, 15) is 9.59 Å². The van der Waals surface area contributed by atoms with Crippen LogP contribution in [0.4, 0.5) is 5.82 Å². The molecular weight excluding hydrogens is 503 g/mol. The number of H-pyrrole nitrogens is 1. The molecule has 192 valence electrons. The number of aryl methyl sites for hydroxylation is 1. The number of pyridine rings is 1. The molecule has 3 aromatic heterocycles. The molecule has 3 N–H and O–H groups in total. The van der Waals surface area contributed by atoms with Gasteiger partial charge in [-0.15, -0.1) is 24.8 Å². The summed E-state index contributed by atoms with van der Waals surface area (Å²) >= 11 is 0. The lowest BCUT2D eigenvalue weighted by Crippen LogP contribution is -2.44. The van der Waals surface area contributed by atoms with Crippen LogP contribution in [0.5, 0.6) is 0 Å². The molecule has 36 heavy (non-hydrogen) atoms. The molecule has 0 radical (unpaired) electrons. The molecule has 11 heteroatoms. The number of aromatic nitrogens is 4. The van der Waals surface area contributed by atoms with Crippen molar-refractivity contribution >= 4 is 53.4 Å². The van der Waals surface area contributed by atoms with Crippen LogP contribution in [0.25, 0.3) is 22.2 Å². The number of anilines is 1. The summed E-state index contributed by atoms with van der Waals surface area (Å²) < 4.78 is 6.76. The number of carbonyl (C=O) groups excluding carboxylic acids is 2. The van der Waals surface area contributed by atoms with E-state index < -0.39 is 12.0 Å². The highest BCUT2D eigenvalue weighted by molar-refractivity contribution is 5.96. The minimum Gasteiger partial charge on any atom is -0.465 e. The van der Waals surface area contributed by atoms with E-state index in [2.05, 4.69) is 25.7 Å². The Labute approximate surface area is 221 Å². The van der Waals surface area contributed by atoms with E-state index in [0.717, 1.165) is 27.7 Å². The van der Waals surface area contributed by atoms with Gasteiger partial charge in [-0.2, -0.15) is 5.10 Å². The van der Waals surface area contributed by atoms with Gasteiger partial charge in [-0.05, 0) is 44.0 Å². The zero-order valence-corrected chi connectivity index (χ0v) is 21.7. The lowest BCUT2D eigenvalue weighted by molar-refractivity contribution is -0.142. The third-order valence-corrected chi connectivity index (χ3v) is 5.52. The summed E-state index contributed by atoms with van der Waals surface area (Å²) in [7, 11) is 0. The Hall–Kier alpha value is -3.40. The van der Waals surface area contributed by atoms with Gasteiger partial charge in [-0.25, -0.2) is 4.68 Å². The van der Waals surface area contributed by atoms with Crippen LogP contribution < -0.4 is 10.6 Å². The number of halogens is 2. The average Bonchev–Trinajstić information content (AvgIpc) is 3.46. The number of para-hydroxylation sites is 1. The second-order valence-electron chi connectivity index (χ2n) is 7.76. The predicted octanol–water partition coefficient (Wildman–Crippen LogP) is 3.99. The van der Waals surface area contributed by atoms with Crippen LogP contribution in [0.2, 0.25) is 0 Å². The number of carbonyl (C=O) groups is 2. The fraction of sp³-hybridized carbons (Fsp3) is 0.280. The largest absolute Gasteiger partial charge is 0.465 e. The van der Waals surface area contributed by atoms with Crippen molar-refractivity contribution in [1.29, 1.82) is 0 Å². The first-order chi connectivity index (χ1) is 16.6. The van der Waals surface area contributed by atoms with E-state index in [4.69, 9.17) is 4.74 Å². The van der Waals surface area contributed by atoms with Crippen LogP contribution in [-0.2, 0) is 27.3 Å². The number of nitrogens with one attached hydrogen (secondary N) is 3. The predicted molar refractivity (Wildman–Crippen MR) is 145 cm³/mol. The van der Waals surface area contributed by atoms with Gasteiger partial charge in [-0.3, -0.25) is 19.9 Å². The number of benzene rings is 1. The zero-order valence-electron chi connectivity index (χ0n) is 20.1. The normalized spacial score (nSPS) is 11.3. The molecule has 0 unspecified atom stereocenters. The quantitative estimate of drug-likeness (QED) is 0.266. The average molecular weight is 533 g/mol. The van der Waals surface area contributed by atoms with Crippen molar-refractivity contribution in [3.05, 3.63) is 66.6 Å². The molecule has 4 aromatic rings. The number of aromatic amines is 1. The number of hydrogen-bond donors (Lipinski definition) is 3. The Balaban J connectivity index is 0.00000228. The minimum atomic E-state index is -0.659. The van der Waals surface area contributed by atoms with E-state index in [1.54, 1.807) is 24.0 Å². The van der Waals surface area contributed by atoms with Crippen molar-refractivity contribution in [1.82, 2.24) is 25.1 Å². The van der Waals surface area contributed by atoms with Gasteiger partial charge in [0.2, 0.25) is 5.91 Å². The van der Waals surface area contributed by atoms with Gasteiger partial charge in [0.05, 0.1) is 24.9 Å². The first-order valence-corrected chi connectivity index (χ1v) is 11.3. The first-order valence-electron chi connectivity index (χ1n) is 11.3. The molecule has 0 saturated heterocycles. The first kappa shape index (κ1) is 28.8. The third kappa shape index (κ3) is 6.84. The highest BCUT2D eigenvalue weighted by Gasteiger charge is 2.23. The minimum absolute atomic E-state index is 0. The lowest BCUT2D eigenvalue weighted by atomic mass is 10.0. The molecular formula is C25H30Cl2N6O3. The van der Waals surface area contributed by atoms with Crippen molar-refractivity contribution in [2.75, 3.05) is 18.5 Å². The van der Waals surface area contributed by atoms with Crippen molar-refractivity contribution in [3.8, 4) is 11.3 Å². The Morgan fingerprint density at radius 1 is 1.11 bits per heavy atom. The Bertz CT molecular complexity index is 1280. The molecule has 1 aromatic carbocycles. The van der Waals surface area contributed by atoms with Crippen LogP contribution in [0, 0.1) is 0 Å². The number of hydrogen-bond acceptors (Lipinski definition) is 6. The van der Waals surface area contributed by atoms with E-state index >= 15 is 0 Å². The van der Waals surface area contributed by atoms with Gasteiger partial charge in [0, 0.05) is 47.7 Å². The van der Waals surface area contributed by atoms with Crippen molar-refractivity contribution < 1.29 is 14.3 Å². The smallest absolute Gasteiger partial charge is 0.319 e. The fourth-order valence-electron chi connectivity index (χ4n) is 3.83.